The van der Waals surface area contributed by atoms with Crippen LogP contribution in [-0.4, -0.2) is 31.0 Å². The van der Waals surface area contributed by atoms with Crippen LogP contribution in [0.15, 0.2) is 23.1 Å². The molecule has 1 fully saturated rings. The second kappa shape index (κ2) is 4.81. The highest BCUT2D eigenvalue weighted by Crippen LogP contribution is 2.29. The summed E-state index contributed by atoms with van der Waals surface area (Å²) in [7, 11) is -3.86. The number of halogens is 1. The fourth-order valence-corrected chi connectivity index (χ4v) is 3.03. The van der Waals surface area contributed by atoms with Crippen molar-refractivity contribution in [2.75, 3.05) is 13.2 Å². The minimum Gasteiger partial charge on any atom is -0.284 e. The number of sulfonamides is 1. The van der Waals surface area contributed by atoms with Gasteiger partial charge in [0.2, 0.25) is 0 Å². The molecule has 7 nitrogen and oxygen atoms in total. The molecule has 0 bridgehead atoms. The van der Waals surface area contributed by atoms with Crippen molar-refractivity contribution < 1.29 is 18.2 Å². The molecular weight excluding hydrogens is 284 g/mol. The molecule has 0 spiro atoms. The summed E-state index contributed by atoms with van der Waals surface area (Å²) in [6.07, 6.45) is 0.592. The summed E-state index contributed by atoms with van der Waals surface area (Å²) < 4.78 is 24.9. The number of hydrogen-bond donors (Lipinski definition) is 0. The van der Waals surface area contributed by atoms with Crippen LogP contribution in [0.5, 0.6) is 0 Å². The standard InChI is InChI=1S/C9H9ClN2O5S/c10-8-3-2-7(6-9(8)12(13)14)18(15,16)11-4-1-5-17-11/h2-3,6H,1,4-5H2. The van der Waals surface area contributed by atoms with E-state index in [2.05, 4.69) is 0 Å². The minimum atomic E-state index is -3.86. The predicted octanol–water partition coefficient (Wildman–Crippen LogP) is 1.57. The average Bonchev–Trinajstić information content (AvgIpc) is 2.82. The van der Waals surface area contributed by atoms with E-state index in [0.29, 0.717) is 13.0 Å². The quantitative estimate of drug-likeness (QED) is 0.623. The molecule has 2 rings (SSSR count). The molecule has 0 atom stereocenters. The number of hydrogen-bond acceptors (Lipinski definition) is 5. The smallest absolute Gasteiger partial charge is 0.284 e. The van der Waals surface area contributed by atoms with Gasteiger partial charge < -0.3 is 0 Å². The maximum absolute atomic E-state index is 12.1. The highest BCUT2D eigenvalue weighted by Gasteiger charge is 2.30. The van der Waals surface area contributed by atoms with Crippen LogP contribution in [-0.2, 0) is 14.9 Å². The van der Waals surface area contributed by atoms with Crippen molar-refractivity contribution in [1.29, 1.82) is 0 Å². The zero-order chi connectivity index (χ0) is 13.3. The third-order valence-corrected chi connectivity index (χ3v) is 4.39. The van der Waals surface area contributed by atoms with Crippen LogP contribution in [0, 0.1) is 10.1 Å². The summed E-state index contributed by atoms with van der Waals surface area (Å²) >= 11 is 5.62. The predicted molar refractivity (Wildman–Crippen MR) is 62.6 cm³/mol. The van der Waals surface area contributed by atoms with Gasteiger partial charge in [-0.2, -0.15) is 0 Å². The Labute approximate surface area is 108 Å². The van der Waals surface area contributed by atoms with Gasteiger partial charge in [0.1, 0.15) is 5.02 Å². The number of nitro benzene ring substituents is 1. The molecule has 1 heterocycles. The molecule has 1 aromatic carbocycles. The summed E-state index contributed by atoms with van der Waals surface area (Å²) in [6, 6.07) is 3.33. The molecule has 98 valence electrons. The first-order chi connectivity index (χ1) is 8.43. The van der Waals surface area contributed by atoms with Crippen molar-refractivity contribution in [3.63, 3.8) is 0 Å². The lowest BCUT2D eigenvalue weighted by Gasteiger charge is -2.14. The molecule has 0 saturated carbocycles. The number of benzene rings is 1. The van der Waals surface area contributed by atoms with E-state index < -0.39 is 20.6 Å². The van der Waals surface area contributed by atoms with Gasteiger partial charge in [-0.15, -0.1) is 0 Å². The molecule has 0 aromatic heterocycles. The zero-order valence-electron chi connectivity index (χ0n) is 9.08. The Kier molecular flexibility index (Phi) is 3.53. The van der Waals surface area contributed by atoms with Crippen molar-refractivity contribution in [3.8, 4) is 0 Å². The van der Waals surface area contributed by atoms with E-state index in [1.807, 2.05) is 0 Å². The fourth-order valence-electron chi connectivity index (χ4n) is 1.52. The first kappa shape index (κ1) is 13.2. The lowest BCUT2D eigenvalue weighted by atomic mass is 10.3. The van der Waals surface area contributed by atoms with Crippen LogP contribution in [0.3, 0.4) is 0 Å². The third-order valence-electron chi connectivity index (χ3n) is 2.40. The Morgan fingerprint density at radius 3 is 2.72 bits per heavy atom. The van der Waals surface area contributed by atoms with Crippen molar-refractivity contribution in [2.24, 2.45) is 0 Å². The van der Waals surface area contributed by atoms with Crippen LogP contribution in [0.1, 0.15) is 6.42 Å². The monoisotopic (exact) mass is 292 g/mol. The molecule has 0 N–H and O–H groups in total. The average molecular weight is 293 g/mol. The normalized spacial score (nSPS) is 16.9. The van der Waals surface area contributed by atoms with Crippen LogP contribution < -0.4 is 0 Å². The van der Waals surface area contributed by atoms with E-state index in [9.17, 15) is 18.5 Å². The SMILES string of the molecule is O=[N+]([O-])c1cc(S(=O)(=O)N2CCCO2)ccc1Cl. The lowest BCUT2D eigenvalue weighted by Crippen LogP contribution is -2.26. The van der Waals surface area contributed by atoms with Gasteiger partial charge >= 0.3 is 0 Å². The van der Waals surface area contributed by atoms with Crippen molar-refractivity contribution in [1.82, 2.24) is 4.47 Å². The Bertz CT molecular complexity index is 583. The molecule has 1 aliphatic rings. The molecule has 1 aliphatic heterocycles. The molecule has 0 unspecified atom stereocenters. The molecular formula is C9H9ClN2O5S. The van der Waals surface area contributed by atoms with Crippen molar-refractivity contribution in [3.05, 3.63) is 33.3 Å². The molecule has 0 radical (unpaired) electrons. The molecule has 0 amide bonds. The second-order valence-electron chi connectivity index (χ2n) is 3.59. The maximum atomic E-state index is 12.1. The first-order valence-corrected chi connectivity index (χ1v) is 6.84. The number of hydroxylamine groups is 1. The van der Waals surface area contributed by atoms with Gasteiger partial charge in [-0.1, -0.05) is 16.1 Å². The van der Waals surface area contributed by atoms with Gasteiger partial charge in [-0.25, -0.2) is 8.42 Å². The van der Waals surface area contributed by atoms with E-state index in [1.165, 1.54) is 12.1 Å². The van der Waals surface area contributed by atoms with Crippen molar-refractivity contribution in [2.45, 2.75) is 11.3 Å². The van der Waals surface area contributed by atoms with Crippen LogP contribution >= 0.6 is 11.6 Å². The molecule has 1 saturated heterocycles. The van der Waals surface area contributed by atoms with Gasteiger partial charge in [-0.05, 0) is 18.6 Å². The van der Waals surface area contributed by atoms with Crippen LogP contribution in [0.2, 0.25) is 5.02 Å². The fraction of sp³-hybridized carbons (Fsp3) is 0.333. The highest BCUT2D eigenvalue weighted by molar-refractivity contribution is 7.89. The number of nitro groups is 1. The van der Waals surface area contributed by atoms with Gasteiger partial charge in [0.25, 0.3) is 15.7 Å². The zero-order valence-corrected chi connectivity index (χ0v) is 10.6. The summed E-state index contributed by atoms with van der Waals surface area (Å²) in [6.45, 7) is 0.549. The molecule has 9 heteroatoms. The maximum Gasteiger partial charge on any atom is 0.289 e. The minimum absolute atomic E-state index is 0.110. The van der Waals surface area contributed by atoms with E-state index in [1.54, 1.807) is 0 Å². The third kappa shape index (κ3) is 2.32. The van der Waals surface area contributed by atoms with E-state index in [-0.39, 0.29) is 16.5 Å². The molecule has 18 heavy (non-hydrogen) atoms. The topological polar surface area (TPSA) is 89.8 Å². The second-order valence-corrected chi connectivity index (χ2v) is 5.82. The van der Waals surface area contributed by atoms with E-state index >= 15 is 0 Å². The van der Waals surface area contributed by atoms with E-state index in [0.717, 1.165) is 10.5 Å². The van der Waals surface area contributed by atoms with Gasteiger partial charge in [0, 0.05) is 12.6 Å². The van der Waals surface area contributed by atoms with E-state index in [4.69, 9.17) is 16.4 Å². The van der Waals surface area contributed by atoms with Crippen molar-refractivity contribution >= 4 is 27.3 Å². The highest BCUT2D eigenvalue weighted by atomic mass is 35.5. The summed E-state index contributed by atoms with van der Waals surface area (Å²) in [5.41, 5.74) is -0.447. The largest absolute Gasteiger partial charge is 0.289 e. The number of nitrogens with zero attached hydrogens (tertiary/aromatic N) is 2. The van der Waals surface area contributed by atoms with Gasteiger partial charge in [-0.3, -0.25) is 15.0 Å². The first-order valence-electron chi connectivity index (χ1n) is 5.02. The van der Waals surface area contributed by atoms with Crippen LogP contribution in [0.25, 0.3) is 0 Å². The summed E-state index contributed by atoms with van der Waals surface area (Å²) in [5, 5.41) is 10.6. The Morgan fingerprint density at radius 2 is 2.17 bits per heavy atom. The lowest BCUT2D eigenvalue weighted by molar-refractivity contribution is -0.384. The summed E-state index contributed by atoms with van der Waals surface area (Å²) in [5.74, 6) is 0. The summed E-state index contributed by atoms with van der Waals surface area (Å²) in [4.78, 5) is 14.7. The number of rotatable bonds is 3. The molecule has 0 aliphatic carbocycles. The molecule has 1 aromatic rings. The van der Waals surface area contributed by atoms with Crippen LogP contribution in [0.4, 0.5) is 5.69 Å². The Hall–Kier alpha value is -1.22. The van der Waals surface area contributed by atoms with Gasteiger partial charge in [0.15, 0.2) is 0 Å². The Morgan fingerprint density at radius 1 is 1.44 bits per heavy atom. The Balaban J connectivity index is 2.45. The van der Waals surface area contributed by atoms with Gasteiger partial charge in [0.05, 0.1) is 16.4 Å².